The van der Waals surface area contributed by atoms with Gasteiger partial charge in [0.25, 0.3) is 5.91 Å². The Morgan fingerprint density at radius 1 is 1.07 bits per heavy atom. The standard InChI is InChI=1S/C21H26N2O4S2/c1-28-20-8-4-3-7-19(20)21(24)22-13-16-27-17-9-11-18(12-10-17)29(25,26)23-14-5-2-6-15-23/h3-4,7-12H,2,5-6,13-16H2,1H3,(H,22,24). The molecule has 0 aromatic heterocycles. The summed E-state index contributed by atoms with van der Waals surface area (Å²) in [5.74, 6) is 0.433. The van der Waals surface area contributed by atoms with Crippen molar-refractivity contribution in [2.45, 2.75) is 29.1 Å². The third-order valence-electron chi connectivity index (χ3n) is 4.78. The smallest absolute Gasteiger partial charge is 0.252 e. The zero-order valence-electron chi connectivity index (χ0n) is 16.5. The fourth-order valence-corrected chi connectivity index (χ4v) is 5.34. The van der Waals surface area contributed by atoms with Gasteiger partial charge in [-0.15, -0.1) is 11.8 Å². The van der Waals surface area contributed by atoms with E-state index in [0.29, 0.717) is 37.6 Å². The maximum Gasteiger partial charge on any atom is 0.252 e. The number of nitrogens with zero attached hydrogens (tertiary/aromatic N) is 1. The molecule has 2 aromatic carbocycles. The van der Waals surface area contributed by atoms with Crippen molar-refractivity contribution < 1.29 is 17.9 Å². The molecule has 3 rings (SSSR count). The number of sulfonamides is 1. The third-order valence-corrected chi connectivity index (χ3v) is 7.49. The molecule has 1 heterocycles. The first-order chi connectivity index (χ1) is 14.0. The highest BCUT2D eigenvalue weighted by Crippen LogP contribution is 2.23. The van der Waals surface area contributed by atoms with Crippen LogP contribution in [0.25, 0.3) is 0 Å². The number of carbonyl (C=O) groups excluding carboxylic acids is 1. The van der Waals surface area contributed by atoms with Crippen molar-refractivity contribution in [1.82, 2.24) is 9.62 Å². The molecule has 6 nitrogen and oxygen atoms in total. The lowest BCUT2D eigenvalue weighted by Crippen LogP contribution is -2.35. The monoisotopic (exact) mass is 434 g/mol. The number of thioether (sulfide) groups is 1. The van der Waals surface area contributed by atoms with Gasteiger partial charge in [-0.1, -0.05) is 18.6 Å². The van der Waals surface area contributed by atoms with Crippen molar-refractivity contribution in [3.8, 4) is 5.75 Å². The molecule has 156 valence electrons. The zero-order valence-corrected chi connectivity index (χ0v) is 18.1. The Hall–Kier alpha value is -2.03. The summed E-state index contributed by atoms with van der Waals surface area (Å²) in [5.41, 5.74) is 0.646. The fourth-order valence-electron chi connectivity index (χ4n) is 3.22. The van der Waals surface area contributed by atoms with Gasteiger partial charge >= 0.3 is 0 Å². The van der Waals surface area contributed by atoms with Crippen molar-refractivity contribution in [2.75, 3.05) is 32.5 Å². The predicted molar refractivity (Wildman–Crippen MR) is 115 cm³/mol. The maximum absolute atomic E-state index is 12.7. The van der Waals surface area contributed by atoms with Crippen molar-refractivity contribution >= 4 is 27.7 Å². The van der Waals surface area contributed by atoms with E-state index in [0.717, 1.165) is 24.2 Å². The average Bonchev–Trinajstić information content (AvgIpc) is 2.77. The van der Waals surface area contributed by atoms with E-state index in [2.05, 4.69) is 5.32 Å². The van der Waals surface area contributed by atoms with Gasteiger partial charge in [-0.25, -0.2) is 8.42 Å². The molecule has 0 unspecified atom stereocenters. The van der Waals surface area contributed by atoms with Crippen LogP contribution in [-0.2, 0) is 10.0 Å². The minimum absolute atomic E-state index is 0.137. The SMILES string of the molecule is CSc1ccccc1C(=O)NCCOc1ccc(S(=O)(=O)N2CCCCC2)cc1. The van der Waals surface area contributed by atoms with Gasteiger partial charge in [0.1, 0.15) is 12.4 Å². The van der Waals surface area contributed by atoms with Crippen LogP contribution in [0.1, 0.15) is 29.6 Å². The molecule has 2 aromatic rings. The van der Waals surface area contributed by atoms with Crippen LogP contribution >= 0.6 is 11.8 Å². The van der Waals surface area contributed by atoms with Crippen LogP contribution in [0.15, 0.2) is 58.3 Å². The number of piperidine rings is 1. The quantitative estimate of drug-likeness (QED) is 0.509. The van der Waals surface area contributed by atoms with E-state index in [9.17, 15) is 13.2 Å². The van der Waals surface area contributed by atoms with Crippen LogP contribution in [0.4, 0.5) is 0 Å². The van der Waals surface area contributed by atoms with Crippen molar-refractivity contribution in [2.24, 2.45) is 0 Å². The Balaban J connectivity index is 1.50. The molecule has 1 N–H and O–H groups in total. The summed E-state index contributed by atoms with van der Waals surface area (Å²) in [6.45, 7) is 1.82. The molecule has 1 saturated heterocycles. The number of ether oxygens (including phenoxy) is 1. The van der Waals surface area contributed by atoms with E-state index in [-0.39, 0.29) is 10.8 Å². The number of amides is 1. The molecule has 0 aliphatic carbocycles. The highest BCUT2D eigenvalue weighted by molar-refractivity contribution is 7.98. The molecule has 0 spiro atoms. The summed E-state index contributed by atoms with van der Waals surface area (Å²) in [7, 11) is -3.43. The Morgan fingerprint density at radius 2 is 1.76 bits per heavy atom. The number of nitrogens with one attached hydrogen (secondary N) is 1. The summed E-state index contributed by atoms with van der Waals surface area (Å²) in [6.07, 6.45) is 4.84. The topological polar surface area (TPSA) is 75.7 Å². The lowest BCUT2D eigenvalue weighted by atomic mass is 10.2. The summed E-state index contributed by atoms with van der Waals surface area (Å²) in [4.78, 5) is 13.5. The van der Waals surface area contributed by atoms with E-state index in [1.54, 1.807) is 34.6 Å². The van der Waals surface area contributed by atoms with Crippen molar-refractivity contribution in [1.29, 1.82) is 0 Å². The van der Waals surface area contributed by atoms with E-state index in [1.807, 2.05) is 24.5 Å². The van der Waals surface area contributed by atoms with Crippen LogP contribution in [0.5, 0.6) is 5.75 Å². The zero-order chi connectivity index (χ0) is 20.7. The molecular formula is C21H26N2O4S2. The van der Waals surface area contributed by atoms with E-state index in [1.165, 1.54) is 11.8 Å². The molecule has 29 heavy (non-hydrogen) atoms. The maximum atomic E-state index is 12.7. The summed E-state index contributed by atoms with van der Waals surface area (Å²) >= 11 is 1.53. The van der Waals surface area contributed by atoms with E-state index in [4.69, 9.17) is 4.74 Å². The summed E-state index contributed by atoms with van der Waals surface area (Å²) < 4.78 is 32.5. The molecule has 0 atom stereocenters. The van der Waals surface area contributed by atoms with Crippen LogP contribution in [0.2, 0.25) is 0 Å². The summed E-state index contributed by atoms with van der Waals surface area (Å²) in [6, 6.07) is 13.9. The molecule has 1 amide bonds. The van der Waals surface area contributed by atoms with Crippen LogP contribution in [-0.4, -0.2) is 51.1 Å². The first-order valence-electron chi connectivity index (χ1n) is 9.66. The Labute approximate surface area is 176 Å². The van der Waals surface area contributed by atoms with E-state index < -0.39 is 10.0 Å². The molecule has 0 saturated carbocycles. The van der Waals surface area contributed by atoms with Crippen molar-refractivity contribution in [3.63, 3.8) is 0 Å². The van der Waals surface area contributed by atoms with Crippen LogP contribution < -0.4 is 10.1 Å². The van der Waals surface area contributed by atoms with Crippen LogP contribution in [0, 0.1) is 0 Å². The minimum atomic E-state index is -3.43. The number of hydrogen-bond donors (Lipinski definition) is 1. The highest BCUT2D eigenvalue weighted by Gasteiger charge is 2.25. The van der Waals surface area contributed by atoms with Gasteiger partial charge in [0.05, 0.1) is 17.0 Å². The van der Waals surface area contributed by atoms with Gasteiger partial charge in [0.2, 0.25) is 10.0 Å². The molecule has 8 heteroatoms. The number of hydrogen-bond acceptors (Lipinski definition) is 5. The normalized spacial score (nSPS) is 15.1. The average molecular weight is 435 g/mol. The molecular weight excluding hydrogens is 408 g/mol. The number of benzene rings is 2. The number of rotatable bonds is 8. The predicted octanol–water partition coefficient (Wildman–Crippen LogP) is 3.39. The fraction of sp³-hybridized carbons (Fsp3) is 0.381. The second-order valence-electron chi connectivity index (χ2n) is 6.74. The Bertz CT molecular complexity index is 924. The first-order valence-corrected chi connectivity index (χ1v) is 12.3. The lowest BCUT2D eigenvalue weighted by Gasteiger charge is -2.25. The van der Waals surface area contributed by atoms with E-state index >= 15 is 0 Å². The van der Waals surface area contributed by atoms with Crippen molar-refractivity contribution in [3.05, 3.63) is 54.1 Å². The third kappa shape index (κ3) is 5.52. The Kier molecular flexibility index (Phi) is 7.57. The van der Waals surface area contributed by atoms with Gasteiger partial charge in [0, 0.05) is 18.0 Å². The molecule has 0 radical (unpaired) electrons. The highest BCUT2D eigenvalue weighted by atomic mass is 32.2. The Morgan fingerprint density at radius 3 is 2.45 bits per heavy atom. The second kappa shape index (κ2) is 10.1. The largest absolute Gasteiger partial charge is 0.492 e. The van der Waals surface area contributed by atoms with Gasteiger partial charge < -0.3 is 10.1 Å². The molecule has 1 aliphatic heterocycles. The van der Waals surface area contributed by atoms with Gasteiger partial charge in [-0.2, -0.15) is 4.31 Å². The second-order valence-corrected chi connectivity index (χ2v) is 9.53. The number of carbonyl (C=O) groups is 1. The van der Waals surface area contributed by atoms with Crippen LogP contribution in [0.3, 0.4) is 0 Å². The first kappa shape index (κ1) is 21.7. The van der Waals surface area contributed by atoms with Gasteiger partial charge in [-0.3, -0.25) is 4.79 Å². The molecule has 1 aliphatic rings. The molecule has 1 fully saturated rings. The molecule has 0 bridgehead atoms. The lowest BCUT2D eigenvalue weighted by molar-refractivity contribution is 0.0944. The summed E-state index contributed by atoms with van der Waals surface area (Å²) in [5, 5.41) is 2.84. The van der Waals surface area contributed by atoms with Gasteiger partial charge in [0.15, 0.2) is 0 Å². The minimum Gasteiger partial charge on any atom is -0.492 e. The van der Waals surface area contributed by atoms with Gasteiger partial charge in [-0.05, 0) is 55.5 Å².